The Bertz CT molecular complexity index is 951. The minimum Gasteiger partial charge on any atom is -0.512 e. The average Bonchev–Trinajstić information content (AvgIpc) is 2.88. The van der Waals surface area contributed by atoms with E-state index in [4.69, 9.17) is 4.99 Å². The van der Waals surface area contributed by atoms with Crippen LogP contribution in [0.4, 0.5) is 4.39 Å². The second-order valence-electron chi connectivity index (χ2n) is 8.11. The number of carbonyl (C=O) groups is 1. The smallest absolute Gasteiger partial charge is 0.168 e. The van der Waals surface area contributed by atoms with Crippen molar-refractivity contribution in [2.24, 2.45) is 10.4 Å². The normalized spacial score (nSPS) is 20.5. The molecule has 2 N–H and O–H groups in total. The first kappa shape index (κ1) is 19.3. The van der Waals surface area contributed by atoms with Crippen molar-refractivity contribution in [1.29, 1.82) is 0 Å². The SMILES string of the molecule is CC/C(O)=C1/C(=O)CC(C)(C)CC1=NCCc1c(C)[nH]c2ccc(F)cc12. The Morgan fingerprint density at radius 3 is 2.78 bits per heavy atom. The van der Waals surface area contributed by atoms with Crippen molar-refractivity contribution in [3.8, 4) is 0 Å². The summed E-state index contributed by atoms with van der Waals surface area (Å²) >= 11 is 0. The van der Waals surface area contributed by atoms with Gasteiger partial charge in [0.05, 0.1) is 5.57 Å². The Morgan fingerprint density at radius 1 is 1.33 bits per heavy atom. The highest BCUT2D eigenvalue weighted by atomic mass is 19.1. The number of aliphatic hydroxyl groups is 1. The van der Waals surface area contributed by atoms with Gasteiger partial charge in [0.25, 0.3) is 0 Å². The van der Waals surface area contributed by atoms with Gasteiger partial charge in [0, 0.05) is 41.7 Å². The largest absolute Gasteiger partial charge is 0.512 e. The Balaban J connectivity index is 1.89. The number of Topliss-reactive ketones (excluding diaryl/α,β-unsaturated/α-hetero) is 1. The molecule has 3 rings (SSSR count). The molecule has 0 spiro atoms. The minimum absolute atomic E-state index is 0.0327. The Kier molecular flexibility index (Phi) is 5.22. The summed E-state index contributed by atoms with van der Waals surface area (Å²) in [4.78, 5) is 20.5. The molecule has 1 heterocycles. The van der Waals surface area contributed by atoms with E-state index in [2.05, 4.69) is 4.98 Å². The average molecular weight is 370 g/mol. The fourth-order valence-corrected chi connectivity index (χ4v) is 3.91. The van der Waals surface area contributed by atoms with E-state index in [0.717, 1.165) is 22.2 Å². The van der Waals surface area contributed by atoms with Crippen molar-refractivity contribution in [3.05, 3.63) is 46.6 Å². The number of halogens is 1. The molecule has 0 amide bonds. The number of carbonyl (C=O) groups excluding carboxylic acids is 1. The lowest BCUT2D eigenvalue weighted by molar-refractivity contribution is -0.117. The Morgan fingerprint density at radius 2 is 2.07 bits per heavy atom. The zero-order valence-electron chi connectivity index (χ0n) is 16.4. The molecule has 1 aromatic carbocycles. The Labute approximate surface area is 159 Å². The number of allylic oxidation sites excluding steroid dienone is 2. The number of fused-ring (bicyclic) bond motifs is 1. The van der Waals surface area contributed by atoms with Crippen molar-refractivity contribution >= 4 is 22.4 Å². The fourth-order valence-electron chi connectivity index (χ4n) is 3.91. The number of nitrogens with one attached hydrogen (secondary N) is 1. The van der Waals surface area contributed by atoms with Gasteiger partial charge in [0.1, 0.15) is 11.6 Å². The van der Waals surface area contributed by atoms with E-state index in [1.54, 1.807) is 12.1 Å². The van der Waals surface area contributed by atoms with E-state index in [-0.39, 0.29) is 22.8 Å². The number of hydrogen-bond donors (Lipinski definition) is 2. The molecule has 0 atom stereocenters. The van der Waals surface area contributed by atoms with Gasteiger partial charge < -0.3 is 10.1 Å². The van der Waals surface area contributed by atoms with Gasteiger partial charge in [-0.15, -0.1) is 0 Å². The second-order valence-corrected chi connectivity index (χ2v) is 8.11. The van der Waals surface area contributed by atoms with Crippen LogP contribution in [0.25, 0.3) is 10.9 Å². The number of H-pyrrole nitrogens is 1. The van der Waals surface area contributed by atoms with Gasteiger partial charge in [0.15, 0.2) is 5.78 Å². The molecule has 1 aliphatic carbocycles. The topological polar surface area (TPSA) is 65.4 Å². The Hall–Kier alpha value is -2.43. The maximum Gasteiger partial charge on any atom is 0.168 e. The molecule has 1 aromatic heterocycles. The number of rotatable bonds is 4. The lowest BCUT2D eigenvalue weighted by atomic mass is 9.73. The molecular weight excluding hydrogens is 343 g/mol. The lowest BCUT2D eigenvalue weighted by Gasteiger charge is -2.31. The zero-order valence-corrected chi connectivity index (χ0v) is 16.4. The molecular formula is C22H27FN2O2. The van der Waals surface area contributed by atoms with E-state index in [1.165, 1.54) is 6.07 Å². The van der Waals surface area contributed by atoms with E-state index >= 15 is 0 Å². The number of aliphatic imine (C=N–C) groups is 1. The van der Waals surface area contributed by atoms with Gasteiger partial charge in [-0.3, -0.25) is 9.79 Å². The third kappa shape index (κ3) is 3.97. The van der Waals surface area contributed by atoms with Crippen LogP contribution in [0.15, 0.2) is 34.5 Å². The molecule has 1 fully saturated rings. The van der Waals surface area contributed by atoms with Crippen LogP contribution in [-0.4, -0.2) is 28.1 Å². The zero-order chi connectivity index (χ0) is 19.8. The predicted molar refractivity (Wildman–Crippen MR) is 107 cm³/mol. The van der Waals surface area contributed by atoms with Crippen molar-refractivity contribution in [1.82, 2.24) is 4.98 Å². The molecule has 0 saturated heterocycles. The highest BCUT2D eigenvalue weighted by Crippen LogP contribution is 2.35. The van der Waals surface area contributed by atoms with E-state index in [0.29, 0.717) is 43.5 Å². The summed E-state index contributed by atoms with van der Waals surface area (Å²) in [5.41, 5.74) is 3.89. The van der Waals surface area contributed by atoms with Gasteiger partial charge in [-0.25, -0.2) is 4.39 Å². The van der Waals surface area contributed by atoms with Gasteiger partial charge in [-0.2, -0.15) is 0 Å². The number of ketones is 1. The van der Waals surface area contributed by atoms with E-state index in [1.807, 2.05) is 27.7 Å². The maximum absolute atomic E-state index is 13.6. The van der Waals surface area contributed by atoms with Crippen LogP contribution in [0.2, 0.25) is 0 Å². The van der Waals surface area contributed by atoms with Crippen LogP contribution in [0, 0.1) is 18.2 Å². The van der Waals surface area contributed by atoms with Crippen LogP contribution in [0.3, 0.4) is 0 Å². The molecule has 0 unspecified atom stereocenters. The van der Waals surface area contributed by atoms with E-state index < -0.39 is 0 Å². The van der Waals surface area contributed by atoms with Gasteiger partial charge >= 0.3 is 0 Å². The summed E-state index contributed by atoms with van der Waals surface area (Å²) in [6, 6.07) is 4.74. The third-order valence-corrected chi connectivity index (χ3v) is 5.22. The summed E-state index contributed by atoms with van der Waals surface area (Å²) < 4.78 is 13.6. The number of aliphatic hydroxyl groups excluding tert-OH is 1. The molecule has 5 heteroatoms. The van der Waals surface area contributed by atoms with Crippen LogP contribution >= 0.6 is 0 Å². The standard InChI is InChI=1S/C22H27FN2O2/c1-5-19(26)21-18(11-22(3,4)12-20(21)27)24-9-8-15-13(2)25-17-7-6-14(23)10-16(15)17/h6-7,10,25-26H,5,8-9,11-12H2,1-4H3/b21-19-,24-18?. The number of benzene rings is 1. The highest BCUT2D eigenvalue weighted by Gasteiger charge is 2.35. The number of nitrogens with zero attached hydrogens (tertiary/aromatic N) is 1. The first-order valence-electron chi connectivity index (χ1n) is 9.47. The summed E-state index contributed by atoms with van der Waals surface area (Å²) in [6.45, 7) is 8.39. The van der Waals surface area contributed by atoms with Gasteiger partial charge in [0.2, 0.25) is 0 Å². The first-order chi connectivity index (χ1) is 12.7. The second kappa shape index (κ2) is 7.29. The molecule has 0 aliphatic heterocycles. The van der Waals surface area contributed by atoms with Gasteiger partial charge in [-0.05, 0) is 48.9 Å². The number of aryl methyl sites for hydroxylation is 1. The lowest BCUT2D eigenvalue weighted by Crippen LogP contribution is -2.32. The van der Waals surface area contributed by atoms with E-state index in [9.17, 15) is 14.3 Å². The number of aromatic amines is 1. The molecule has 1 aliphatic rings. The third-order valence-electron chi connectivity index (χ3n) is 5.22. The van der Waals surface area contributed by atoms with Crippen LogP contribution in [0.5, 0.6) is 0 Å². The van der Waals surface area contributed by atoms with Crippen LogP contribution in [0.1, 0.15) is 51.3 Å². The maximum atomic E-state index is 13.6. The molecule has 0 bridgehead atoms. The first-order valence-corrected chi connectivity index (χ1v) is 9.47. The summed E-state index contributed by atoms with van der Waals surface area (Å²) in [5.74, 6) is -0.166. The molecule has 2 aromatic rings. The number of aromatic nitrogens is 1. The monoisotopic (exact) mass is 370 g/mol. The predicted octanol–water partition coefficient (Wildman–Crippen LogP) is 5.21. The molecule has 144 valence electrons. The number of hydrogen-bond acceptors (Lipinski definition) is 3. The molecule has 1 saturated carbocycles. The quantitative estimate of drug-likeness (QED) is 0.573. The van der Waals surface area contributed by atoms with Crippen LogP contribution in [-0.2, 0) is 11.2 Å². The molecule has 27 heavy (non-hydrogen) atoms. The summed E-state index contributed by atoms with van der Waals surface area (Å²) in [7, 11) is 0. The summed E-state index contributed by atoms with van der Waals surface area (Å²) in [6.07, 6.45) is 2.15. The van der Waals surface area contributed by atoms with Gasteiger partial charge in [-0.1, -0.05) is 20.8 Å². The van der Waals surface area contributed by atoms with Crippen LogP contribution < -0.4 is 0 Å². The molecule has 4 nitrogen and oxygen atoms in total. The summed E-state index contributed by atoms with van der Waals surface area (Å²) in [5, 5.41) is 11.1. The van der Waals surface area contributed by atoms with Crippen molar-refractivity contribution in [3.63, 3.8) is 0 Å². The van der Waals surface area contributed by atoms with Crippen molar-refractivity contribution < 1.29 is 14.3 Å². The highest BCUT2D eigenvalue weighted by molar-refractivity contribution is 6.24. The minimum atomic E-state index is -0.258. The fraction of sp³-hybridized carbons (Fsp3) is 0.455. The van der Waals surface area contributed by atoms with Crippen molar-refractivity contribution in [2.45, 2.75) is 53.4 Å². The van der Waals surface area contributed by atoms with Crippen molar-refractivity contribution in [2.75, 3.05) is 6.54 Å². The molecule has 0 radical (unpaired) electrons.